The van der Waals surface area contributed by atoms with Crippen molar-refractivity contribution in [1.82, 2.24) is 0 Å². The molecule has 1 aliphatic rings. The molecule has 86 valence electrons. The predicted octanol–water partition coefficient (Wildman–Crippen LogP) is 2.02. The third-order valence-electron chi connectivity index (χ3n) is 3.25. The summed E-state index contributed by atoms with van der Waals surface area (Å²) in [6.45, 7) is 7.00. The van der Waals surface area contributed by atoms with Crippen LogP contribution in [-0.4, -0.2) is 17.7 Å². The van der Waals surface area contributed by atoms with Crippen LogP contribution < -0.4 is 0 Å². The first kappa shape index (κ1) is 12.0. The lowest BCUT2D eigenvalue weighted by molar-refractivity contribution is -0.258. The summed E-state index contributed by atoms with van der Waals surface area (Å²) in [4.78, 5) is 23.7. The van der Waals surface area contributed by atoms with Crippen LogP contribution in [0.1, 0.15) is 47.0 Å². The van der Waals surface area contributed by atoms with Crippen LogP contribution in [0.25, 0.3) is 0 Å². The molecule has 0 aromatic carbocycles. The van der Waals surface area contributed by atoms with E-state index in [1.165, 1.54) is 0 Å². The van der Waals surface area contributed by atoms with E-state index in [-0.39, 0.29) is 0 Å². The fourth-order valence-corrected chi connectivity index (χ4v) is 1.66. The van der Waals surface area contributed by atoms with Gasteiger partial charge >= 0.3 is 11.9 Å². The lowest BCUT2D eigenvalue weighted by Crippen LogP contribution is -2.54. The van der Waals surface area contributed by atoms with Gasteiger partial charge in [-0.15, -0.1) is 0 Å². The van der Waals surface area contributed by atoms with Crippen LogP contribution in [0.5, 0.6) is 0 Å². The molecule has 0 bridgehead atoms. The van der Waals surface area contributed by atoms with Gasteiger partial charge in [-0.3, -0.25) is 9.59 Å². The van der Waals surface area contributed by atoms with Crippen molar-refractivity contribution in [2.24, 2.45) is 5.41 Å². The fourth-order valence-electron chi connectivity index (χ4n) is 1.66. The molecule has 0 atom stereocenters. The second kappa shape index (κ2) is 3.83. The molecule has 15 heavy (non-hydrogen) atoms. The minimum Gasteiger partial charge on any atom is -0.422 e. The molecule has 0 saturated carbocycles. The zero-order chi connectivity index (χ0) is 11.7. The van der Waals surface area contributed by atoms with Crippen LogP contribution in [0.3, 0.4) is 0 Å². The maximum absolute atomic E-state index is 11.8. The van der Waals surface area contributed by atoms with E-state index in [0.29, 0.717) is 19.3 Å². The Bertz CT molecular complexity index is 258. The van der Waals surface area contributed by atoms with Crippen LogP contribution in [0, 0.1) is 5.41 Å². The summed E-state index contributed by atoms with van der Waals surface area (Å²) < 4.78 is 10.4. The zero-order valence-electron chi connectivity index (χ0n) is 9.75. The molecule has 1 aliphatic heterocycles. The average Bonchev–Trinajstić information content (AvgIpc) is 2.19. The maximum atomic E-state index is 11.8. The Morgan fingerprint density at radius 1 is 0.933 bits per heavy atom. The first-order valence-electron chi connectivity index (χ1n) is 5.41. The van der Waals surface area contributed by atoms with E-state index >= 15 is 0 Å². The normalized spacial score (nSPS) is 23.2. The Morgan fingerprint density at radius 2 is 1.33 bits per heavy atom. The minimum absolute atomic E-state index is 0.418. The third-order valence-corrected chi connectivity index (χ3v) is 3.25. The van der Waals surface area contributed by atoms with Crippen LogP contribution in [0.4, 0.5) is 0 Å². The molecule has 0 aromatic heterocycles. The highest BCUT2D eigenvalue weighted by atomic mass is 16.7. The molecule has 1 heterocycles. The van der Waals surface area contributed by atoms with Gasteiger partial charge in [0.25, 0.3) is 5.79 Å². The molecule has 1 saturated heterocycles. The van der Waals surface area contributed by atoms with Gasteiger partial charge in [0.15, 0.2) is 5.41 Å². The second-order valence-electron chi connectivity index (χ2n) is 4.06. The van der Waals surface area contributed by atoms with Gasteiger partial charge in [-0.2, -0.15) is 0 Å². The number of carbonyl (C=O) groups is 2. The number of ether oxygens (including phenoxy) is 2. The Morgan fingerprint density at radius 3 is 1.60 bits per heavy atom. The minimum atomic E-state index is -1.09. The molecule has 4 nitrogen and oxygen atoms in total. The van der Waals surface area contributed by atoms with Gasteiger partial charge in [0.2, 0.25) is 0 Å². The van der Waals surface area contributed by atoms with E-state index in [0.717, 1.165) is 0 Å². The number of cyclic esters (lactones) is 2. The van der Waals surface area contributed by atoms with Crippen molar-refractivity contribution in [2.45, 2.75) is 52.7 Å². The predicted molar refractivity (Wildman–Crippen MR) is 53.9 cm³/mol. The molecule has 4 heteroatoms. The highest BCUT2D eigenvalue weighted by Crippen LogP contribution is 2.38. The number of hydrogen-bond acceptors (Lipinski definition) is 4. The number of esters is 2. The molecule has 0 aliphatic carbocycles. The quantitative estimate of drug-likeness (QED) is 0.532. The van der Waals surface area contributed by atoms with Crippen LogP contribution in [0.2, 0.25) is 0 Å². The second-order valence-corrected chi connectivity index (χ2v) is 4.06. The molecular weight excluding hydrogens is 196 g/mol. The van der Waals surface area contributed by atoms with E-state index in [1.807, 2.05) is 6.92 Å². The van der Waals surface area contributed by atoms with E-state index in [1.54, 1.807) is 20.8 Å². The zero-order valence-corrected chi connectivity index (χ0v) is 9.75. The lowest BCUT2D eigenvalue weighted by atomic mass is 9.81. The number of rotatable bonds is 3. The van der Waals surface area contributed by atoms with Crippen LogP contribution in [-0.2, 0) is 19.1 Å². The monoisotopic (exact) mass is 214 g/mol. The van der Waals surface area contributed by atoms with E-state index < -0.39 is 23.1 Å². The Labute approximate surface area is 89.9 Å². The summed E-state index contributed by atoms with van der Waals surface area (Å²) in [7, 11) is 0. The van der Waals surface area contributed by atoms with Crippen molar-refractivity contribution in [3.63, 3.8) is 0 Å². The molecule has 0 unspecified atom stereocenters. The molecule has 0 N–H and O–H groups in total. The molecule has 0 amide bonds. The van der Waals surface area contributed by atoms with Crippen molar-refractivity contribution in [2.75, 3.05) is 0 Å². The van der Waals surface area contributed by atoms with Crippen molar-refractivity contribution in [1.29, 1.82) is 0 Å². The van der Waals surface area contributed by atoms with Crippen molar-refractivity contribution < 1.29 is 19.1 Å². The first-order valence-corrected chi connectivity index (χ1v) is 5.41. The van der Waals surface area contributed by atoms with Gasteiger partial charge in [0.05, 0.1) is 0 Å². The Balaban J connectivity index is 3.00. The Hall–Kier alpha value is -1.06. The fraction of sp³-hybridized carbons (Fsp3) is 0.818. The largest absolute Gasteiger partial charge is 0.422 e. The summed E-state index contributed by atoms with van der Waals surface area (Å²) >= 11 is 0. The summed E-state index contributed by atoms with van der Waals surface area (Å²) in [5.74, 6) is -1.98. The van der Waals surface area contributed by atoms with Gasteiger partial charge in [0, 0.05) is 13.3 Å². The molecule has 1 rings (SSSR count). The Kier molecular flexibility index (Phi) is 3.07. The van der Waals surface area contributed by atoms with Gasteiger partial charge in [-0.25, -0.2) is 0 Å². The smallest absolute Gasteiger partial charge is 0.326 e. The van der Waals surface area contributed by atoms with Gasteiger partial charge < -0.3 is 9.47 Å². The molecule has 1 fully saturated rings. The van der Waals surface area contributed by atoms with Gasteiger partial charge in [-0.1, -0.05) is 20.8 Å². The van der Waals surface area contributed by atoms with E-state index in [4.69, 9.17) is 9.47 Å². The highest BCUT2D eigenvalue weighted by molar-refractivity contribution is 6.01. The summed E-state index contributed by atoms with van der Waals surface area (Å²) in [5, 5.41) is 0. The van der Waals surface area contributed by atoms with Gasteiger partial charge in [0.1, 0.15) is 0 Å². The van der Waals surface area contributed by atoms with E-state index in [9.17, 15) is 9.59 Å². The summed E-state index contributed by atoms with van der Waals surface area (Å²) in [6.07, 6.45) is 1.30. The maximum Gasteiger partial charge on any atom is 0.326 e. The van der Waals surface area contributed by atoms with Crippen LogP contribution >= 0.6 is 0 Å². The lowest BCUT2D eigenvalue weighted by Gasteiger charge is -2.40. The summed E-state index contributed by atoms with van der Waals surface area (Å²) in [6, 6.07) is 0. The molecule has 0 aromatic rings. The molecule has 0 radical (unpaired) electrons. The molecule has 0 spiro atoms. The van der Waals surface area contributed by atoms with Gasteiger partial charge in [-0.05, 0) is 12.8 Å². The topological polar surface area (TPSA) is 52.6 Å². The van der Waals surface area contributed by atoms with Crippen LogP contribution in [0.15, 0.2) is 0 Å². The SMILES string of the molecule is CCC1(C)OC(=O)C(CC)(CC)C(=O)O1. The van der Waals surface area contributed by atoms with Crippen molar-refractivity contribution in [3.8, 4) is 0 Å². The average molecular weight is 214 g/mol. The first-order chi connectivity index (χ1) is 6.94. The highest BCUT2D eigenvalue weighted by Gasteiger charge is 2.54. The number of carbonyl (C=O) groups excluding carboxylic acids is 2. The third kappa shape index (κ3) is 1.73. The van der Waals surface area contributed by atoms with Crippen molar-refractivity contribution in [3.05, 3.63) is 0 Å². The number of hydrogen-bond donors (Lipinski definition) is 0. The van der Waals surface area contributed by atoms with E-state index in [2.05, 4.69) is 0 Å². The standard InChI is InChI=1S/C11H18O4/c1-5-10(4)14-8(12)11(6-2,7-3)9(13)15-10/h5-7H2,1-4H3. The summed E-state index contributed by atoms with van der Waals surface area (Å²) in [5.41, 5.74) is -1.09. The molecular formula is C11H18O4. The van der Waals surface area contributed by atoms with Crippen molar-refractivity contribution >= 4 is 11.9 Å².